The van der Waals surface area contributed by atoms with Crippen LogP contribution in [-0.2, 0) is 15.6 Å². The second-order valence-corrected chi connectivity index (χ2v) is 7.70. The molecule has 0 atom stereocenters. The number of nitrogens with zero attached hydrogens (tertiary/aromatic N) is 2. The van der Waals surface area contributed by atoms with Crippen molar-refractivity contribution in [3.63, 3.8) is 0 Å². The highest BCUT2D eigenvalue weighted by Crippen LogP contribution is 2.18. The number of carbonyl (C=O) groups excluding carboxylic acids is 1. The smallest absolute Gasteiger partial charge is 0.307 e. The lowest BCUT2D eigenvalue weighted by molar-refractivity contribution is 0.0925. The first-order valence-electron chi connectivity index (χ1n) is 8.07. The van der Waals surface area contributed by atoms with Crippen LogP contribution in [0.15, 0.2) is 81.4 Å². The quantitative estimate of drug-likeness (QED) is 0.521. The molecule has 1 N–H and O–H groups in total. The lowest BCUT2D eigenvalue weighted by Crippen LogP contribution is -2.18. The number of hydrogen-bond acceptors (Lipinski definition) is 6. The molecule has 1 aromatic carbocycles. The number of carbonyl (C=O) groups is 1. The molecule has 0 unspecified atom stereocenters. The Balaban J connectivity index is 1.68. The van der Waals surface area contributed by atoms with Crippen molar-refractivity contribution >= 4 is 21.5 Å². The van der Waals surface area contributed by atoms with Crippen molar-refractivity contribution in [2.75, 3.05) is 0 Å². The summed E-state index contributed by atoms with van der Waals surface area (Å²) < 4.78 is 30.1. The fourth-order valence-corrected chi connectivity index (χ4v) is 3.59. The Hall–Kier alpha value is -3.26. The maximum atomic E-state index is 12.4. The second kappa shape index (κ2) is 7.96. The summed E-state index contributed by atoms with van der Waals surface area (Å²) in [4.78, 5) is 16.3. The van der Waals surface area contributed by atoms with Gasteiger partial charge in [0.25, 0.3) is 0 Å². The third-order valence-electron chi connectivity index (χ3n) is 3.74. The van der Waals surface area contributed by atoms with E-state index in [0.29, 0.717) is 5.71 Å². The molecule has 2 heterocycles. The van der Waals surface area contributed by atoms with Gasteiger partial charge in [0.1, 0.15) is 11.5 Å². The van der Waals surface area contributed by atoms with Gasteiger partial charge in [-0.15, -0.1) is 0 Å². The minimum atomic E-state index is -3.55. The van der Waals surface area contributed by atoms with Crippen LogP contribution in [0.2, 0.25) is 0 Å². The molecule has 0 spiro atoms. The minimum Gasteiger partial charge on any atom is -0.455 e. The van der Waals surface area contributed by atoms with E-state index in [4.69, 9.17) is 4.42 Å². The summed E-state index contributed by atoms with van der Waals surface area (Å²) in [5.41, 5.74) is 3.81. The first kappa shape index (κ1) is 18.5. The van der Waals surface area contributed by atoms with E-state index in [9.17, 15) is 13.2 Å². The average molecular weight is 383 g/mol. The number of amides is 1. The maximum Gasteiger partial charge on any atom is 0.307 e. The largest absolute Gasteiger partial charge is 0.455 e. The van der Waals surface area contributed by atoms with Crippen LogP contribution < -0.4 is 5.43 Å². The monoisotopic (exact) mass is 383 g/mol. The standard InChI is InChI=1S/C19H17N3O4S/c1-14(15-9-11-20-12-10-15)21-22-19(23)18-8-7-16(26-18)13-27(24,25)17-5-3-2-4-6-17/h2-12H,13H2,1H3,(H,22,23)/b21-14-. The van der Waals surface area contributed by atoms with E-state index in [-0.39, 0.29) is 22.2 Å². The highest BCUT2D eigenvalue weighted by Gasteiger charge is 2.19. The van der Waals surface area contributed by atoms with Gasteiger partial charge in [0.05, 0.1) is 10.6 Å². The van der Waals surface area contributed by atoms with E-state index < -0.39 is 15.7 Å². The van der Waals surface area contributed by atoms with Crippen molar-refractivity contribution in [3.05, 3.63) is 84.1 Å². The zero-order valence-electron chi connectivity index (χ0n) is 14.5. The van der Waals surface area contributed by atoms with Gasteiger partial charge in [-0.2, -0.15) is 5.10 Å². The number of rotatable bonds is 6. The molecule has 2 aromatic heterocycles. The molecule has 8 heteroatoms. The first-order valence-corrected chi connectivity index (χ1v) is 9.72. The molecular weight excluding hydrogens is 366 g/mol. The van der Waals surface area contributed by atoms with Crippen molar-refractivity contribution in [1.82, 2.24) is 10.4 Å². The molecule has 0 radical (unpaired) electrons. The van der Waals surface area contributed by atoms with Crippen molar-refractivity contribution in [3.8, 4) is 0 Å². The van der Waals surface area contributed by atoms with Gasteiger partial charge in [0.15, 0.2) is 15.6 Å². The van der Waals surface area contributed by atoms with Crippen LogP contribution in [0.25, 0.3) is 0 Å². The molecule has 0 fully saturated rings. The Bertz CT molecular complexity index is 1060. The molecule has 0 saturated heterocycles. The Morgan fingerprint density at radius 3 is 2.48 bits per heavy atom. The van der Waals surface area contributed by atoms with Gasteiger partial charge >= 0.3 is 5.91 Å². The lowest BCUT2D eigenvalue weighted by atomic mass is 10.2. The molecule has 3 rings (SSSR count). The van der Waals surface area contributed by atoms with Gasteiger partial charge in [-0.1, -0.05) is 18.2 Å². The molecule has 3 aromatic rings. The number of pyridine rings is 1. The number of furan rings is 1. The maximum absolute atomic E-state index is 12.4. The van der Waals surface area contributed by atoms with Crippen LogP contribution in [-0.4, -0.2) is 25.0 Å². The zero-order chi connectivity index (χ0) is 19.3. The van der Waals surface area contributed by atoms with Crippen molar-refractivity contribution in [2.24, 2.45) is 5.10 Å². The predicted octanol–water partition coefficient (Wildman–Crippen LogP) is 2.80. The third-order valence-corrected chi connectivity index (χ3v) is 5.40. The van der Waals surface area contributed by atoms with E-state index >= 15 is 0 Å². The number of sulfone groups is 1. The topological polar surface area (TPSA) is 102 Å². The molecule has 0 saturated carbocycles. The highest BCUT2D eigenvalue weighted by molar-refractivity contribution is 7.90. The Morgan fingerprint density at radius 1 is 1.07 bits per heavy atom. The van der Waals surface area contributed by atoms with Crippen molar-refractivity contribution < 1.29 is 17.6 Å². The van der Waals surface area contributed by atoms with E-state index in [1.54, 1.807) is 49.6 Å². The molecule has 0 aliphatic rings. The fourth-order valence-electron chi connectivity index (χ4n) is 2.32. The Labute approximate surface area is 156 Å². The van der Waals surface area contributed by atoms with E-state index in [2.05, 4.69) is 15.5 Å². The minimum absolute atomic E-state index is 0.0143. The van der Waals surface area contributed by atoms with Crippen LogP contribution in [0.1, 0.15) is 28.8 Å². The summed E-state index contributed by atoms with van der Waals surface area (Å²) >= 11 is 0. The van der Waals surface area contributed by atoms with Gasteiger partial charge < -0.3 is 4.42 Å². The number of hydrogen-bond donors (Lipinski definition) is 1. The van der Waals surface area contributed by atoms with E-state index in [0.717, 1.165) is 5.56 Å². The molecule has 1 amide bonds. The molecular formula is C19H17N3O4S. The predicted molar refractivity (Wildman–Crippen MR) is 100.0 cm³/mol. The number of hydrazone groups is 1. The number of nitrogens with one attached hydrogen (secondary N) is 1. The Morgan fingerprint density at radius 2 is 1.78 bits per heavy atom. The van der Waals surface area contributed by atoms with E-state index in [1.165, 1.54) is 24.3 Å². The summed E-state index contributed by atoms with van der Waals surface area (Å²) in [6.07, 6.45) is 3.25. The second-order valence-electron chi connectivity index (χ2n) is 5.71. The van der Waals surface area contributed by atoms with Crippen LogP contribution in [0.4, 0.5) is 0 Å². The lowest BCUT2D eigenvalue weighted by Gasteiger charge is -2.02. The van der Waals surface area contributed by atoms with Gasteiger partial charge in [0, 0.05) is 18.0 Å². The SMILES string of the molecule is C/C(=N/NC(=O)c1ccc(CS(=O)(=O)c2ccccc2)o1)c1ccncc1. The molecule has 7 nitrogen and oxygen atoms in total. The van der Waals surface area contributed by atoms with Crippen molar-refractivity contribution in [1.29, 1.82) is 0 Å². The van der Waals surface area contributed by atoms with Crippen LogP contribution in [0.3, 0.4) is 0 Å². The molecule has 138 valence electrons. The molecule has 0 bridgehead atoms. The highest BCUT2D eigenvalue weighted by atomic mass is 32.2. The van der Waals surface area contributed by atoms with Gasteiger partial charge in [-0.25, -0.2) is 13.8 Å². The Kier molecular flexibility index (Phi) is 5.46. The van der Waals surface area contributed by atoms with Gasteiger partial charge in [-0.3, -0.25) is 9.78 Å². The molecule has 27 heavy (non-hydrogen) atoms. The summed E-state index contributed by atoms with van der Waals surface area (Å²) in [5, 5.41) is 4.01. The van der Waals surface area contributed by atoms with Gasteiger partial charge in [-0.05, 0) is 43.3 Å². The fraction of sp³-hybridized carbons (Fsp3) is 0.105. The van der Waals surface area contributed by atoms with Crippen LogP contribution >= 0.6 is 0 Å². The molecule has 0 aliphatic carbocycles. The summed E-state index contributed by atoms with van der Waals surface area (Å²) in [6, 6.07) is 14.5. The normalized spacial score (nSPS) is 12.0. The van der Waals surface area contributed by atoms with Crippen LogP contribution in [0, 0.1) is 0 Å². The van der Waals surface area contributed by atoms with Gasteiger partial charge in [0.2, 0.25) is 0 Å². The summed E-state index contributed by atoms with van der Waals surface area (Å²) in [6.45, 7) is 1.75. The van der Waals surface area contributed by atoms with E-state index in [1.807, 2.05) is 0 Å². The zero-order valence-corrected chi connectivity index (χ0v) is 15.3. The summed E-state index contributed by atoms with van der Waals surface area (Å²) in [7, 11) is -3.55. The number of benzene rings is 1. The van der Waals surface area contributed by atoms with Crippen molar-refractivity contribution in [2.45, 2.75) is 17.6 Å². The first-order chi connectivity index (χ1) is 13.0. The molecule has 0 aliphatic heterocycles. The number of aromatic nitrogens is 1. The summed E-state index contributed by atoms with van der Waals surface area (Å²) in [5.74, 6) is -0.728. The van der Waals surface area contributed by atoms with Crippen LogP contribution in [0.5, 0.6) is 0 Å². The average Bonchev–Trinajstić information content (AvgIpc) is 3.15. The third kappa shape index (κ3) is 4.68.